The Kier molecular flexibility index (Phi) is 6.61. The normalized spacial score (nSPS) is 13.0. The zero-order valence-electron chi connectivity index (χ0n) is 16.1. The first-order chi connectivity index (χ1) is 13.8. The van der Waals surface area contributed by atoms with E-state index in [2.05, 4.69) is 9.71 Å². The Labute approximate surface area is 172 Å². The fourth-order valence-corrected chi connectivity index (χ4v) is 5.40. The molecule has 0 spiro atoms. The molecule has 0 fully saturated rings. The molecule has 0 aliphatic rings. The van der Waals surface area contributed by atoms with Gasteiger partial charge in [-0.1, -0.05) is 19.9 Å². The molecule has 0 bridgehead atoms. The molecule has 0 amide bonds. The number of imidazole rings is 1. The zero-order valence-corrected chi connectivity index (χ0v) is 17.7. The van der Waals surface area contributed by atoms with Crippen molar-refractivity contribution in [2.24, 2.45) is 0 Å². The van der Waals surface area contributed by atoms with Crippen LogP contribution in [0.15, 0.2) is 75.9 Å². The van der Waals surface area contributed by atoms with E-state index in [1.54, 1.807) is 35.4 Å². The summed E-state index contributed by atoms with van der Waals surface area (Å²) < 4.78 is 56.3. The molecule has 1 N–H and O–H groups in total. The molecule has 0 saturated carbocycles. The van der Waals surface area contributed by atoms with Crippen LogP contribution in [0.2, 0.25) is 0 Å². The van der Waals surface area contributed by atoms with Crippen LogP contribution in [0.25, 0.3) is 0 Å². The number of rotatable bonds is 8. The van der Waals surface area contributed by atoms with Crippen molar-refractivity contribution in [2.75, 3.05) is 6.54 Å². The van der Waals surface area contributed by atoms with Crippen LogP contribution < -0.4 is 4.72 Å². The number of benzene rings is 2. The highest BCUT2D eigenvalue weighted by Crippen LogP contribution is 2.28. The van der Waals surface area contributed by atoms with Crippen molar-refractivity contribution in [1.29, 1.82) is 0 Å². The number of sulfonamides is 1. The van der Waals surface area contributed by atoms with Gasteiger partial charge < -0.3 is 4.57 Å². The molecule has 1 unspecified atom stereocenters. The maximum atomic E-state index is 13.1. The van der Waals surface area contributed by atoms with Crippen LogP contribution in [0.5, 0.6) is 0 Å². The lowest BCUT2D eigenvalue weighted by Gasteiger charge is -2.16. The molecule has 3 aromatic rings. The van der Waals surface area contributed by atoms with Crippen molar-refractivity contribution in [3.05, 3.63) is 72.6 Å². The molecule has 29 heavy (non-hydrogen) atoms. The molecule has 2 aromatic carbocycles. The molecule has 9 heteroatoms. The molecule has 1 aromatic heterocycles. The van der Waals surface area contributed by atoms with Crippen LogP contribution in [-0.4, -0.2) is 28.7 Å². The molecule has 0 aliphatic heterocycles. The number of halogens is 1. The Morgan fingerprint density at radius 3 is 2.45 bits per heavy atom. The first-order valence-electron chi connectivity index (χ1n) is 9.04. The minimum absolute atomic E-state index is 0.0384. The Morgan fingerprint density at radius 2 is 1.83 bits per heavy atom. The summed E-state index contributed by atoms with van der Waals surface area (Å²) in [6.07, 6.45) is 4.99. The van der Waals surface area contributed by atoms with Gasteiger partial charge in [-0.2, -0.15) is 0 Å². The van der Waals surface area contributed by atoms with Crippen molar-refractivity contribution < 1.29 is 17.0 Å². The second-order valence-electron chi connectivity index (χ2n) is 6.78. The minimum Gasteiger partial charge on any atom is -0.336 e. The predicted octanol–water partition coefficient (Wildman–Crippen LogP) is 3.29. The number of nitrogens with zero attached hydrogens (tertiary/aromatic N) is 2. The van der Waals surface area contributed by atoms with E-state index in [1.165, 1.54) is 30.3 Å². The van der Waals surface area contributed by atoms with Gasteiger partial charge in [-0.15, -0.1) is 0 Å². The van der Waals surface area contributed by atoms with E-state index in [0.717, 1.165) is 0 Å². The molecule has 1 atom stereocenters. The van der Waals surface area contributed by atoms with Crippen LogP contribution in [0, 0.1) is 5.82 Å². The second-order valence-corrected chi connectivity index (χ2v) is 9.99. The SMILES string of the molecule is CC(C)c1ccc(S(=O)c2ccc(F)cc2)cc1S(=O)(=O)NCCn1ccnc1. The molecule has 0 aliphatic carbocycles. The summed E-state index contributed by atoms with van der Waals surface area (Å²) >= 11 is 0. The summed E-state index contributed by atoms with van der Waals surface area (Å²) in [5.41, 5.74) is 0.639. The van der Waals surface area contributed by atoms with Crippen LogP contribution in [0.1, 0.15) is 25.3 Å². The summed E-state index contributed by atoms with van der Waals surface area (Å²) in [6, 6.07) is 10.1. The van der Waals surface area contributed by atoms with E-state index in [0.29, 0.717) is 21.9 Å². The van der Waals surface area contributed by atoms with Gasteiger partial charge in [0.1, 0.15) is 5.82 Å². The second kappa shape index (κ2) is 8.98. The lowest BCUT2D eigenvalue weighted by atomic mass is 10.0. The van der Waals surface area contributed by atoms with Crippen molar-refractivity contribution in [3.63, 3.8) is 0 Å². The Bertz CT molecular complexity index is 1100. The first kappa shape index (κ1) is 21.4. The van der Waals surface area contributed by atoms with Gasteiger partial charge in [0.15, 0.2) is 0 Å². The standard InChI is InChI=1S/C20H22FN3O3S2/c1-15(2)19-8-7-18(28(25)17-5-3-16(21)4-6-17)13-20(19)29(26,27)23-10-12-24-11-9-22-14-24/h3-9,11,13-15,23H,10,12H2,1-2H3. The van der Waals surface area contributed by atoms with Crippen LogP contribution in [-0.2, 0) is 27.4 Å². The maximum absolute atomic E-state index is 13.1. The van der Waals surface area contributed by atoms with E-state index in [9.17, 15) is 17.0 Å². The van der Waals surface area contributed by atoms with Gasteiger partial charge in [0, 0.05) is 35.3 Å². The van der Waals surface area contributed by atoms with Gasteiger partial charge in [-0.05, 0) is 47.9 Å². The third kappa shape index (κ3) is 5.17. The molecule has 0 saturated heterocycles. The van der Waals surface area contributed by atoms with Crippen molar-refractivity contribution in [2.45, 2.75) is 41.0 Å². The van der Waals surface area contributed by atoms with E-state index < -0.39 is 26.6 Å². The summed E-state index contributed by atoms with van der Waals surface area (Å²) in [5, 5.41) is 0. The van der Waals surface area contributed by atoms with Crippen LogP contribution >= 0.6 is 0 Å². The van der Waals surface area contributed by atoms with Gasteiger partial charge in [-0.25, -0.2) is 26.7 Å². The largest absolute Gasteiger partial charge is 0.336 e. The maximum Gasteiger partial charge on any atom is 0.240 e. The summed E-state index contributed by atoms with van der Waals surface area (Å²) in [7, 11) is -5.44. The Hall–Kier alpha value is -2.36. The fraction of sp³-hybridized carbons (Fsp3) is 0.250. The highest BCUT2D eigenvalue weighted by molar-refractivity contribution is 7.89. The first-order valence-corrected chi connectivity index (χ1v) is 11.7. The highest BCUT2D eigenvalue weighted by Gasteiger charge is 2.22. The predicted molar refractivity (Wildman–Crippen MR) is 109 cm³/mol. The van der Waals surface area contributed by atoms with E-state index >= 15 is 0 Å². The summed E-state index contributed by atoms with van der Waals surface area (Å²) in [5.74, 6) is -0.463. The van der Waals surface area contributed by atoms with Crippen molar-refractivity contribution in [3.8, 4) is 0 Å². The molecule has 3 rings (SSSR count). The van der Waals surface area contributed by atoms with Crippen molar-refractivity contribution >= 4 is 20.8 Å². The summed E-state index contributed by atoms with van der Waals surface area (Å²) in [4.78, 5) is 4.78. The minimum atomic E-state index is -3.81. The zero-order chi connectivity index (χ0) is 21.0. The lowest BCUT2D eigenvalue weighted by molar-refractivity contribution is 0.570. The van der Waals surface area contributed by atoms with E-state index in [4.69, 9.17) is 0 Å². The third-order valence-electron chi connectivity index (χ3n) is 4.36. The fourth-order valence-electron chi connectivity index (χ4n) is 2.84. The Balaban J connectivity index is 1.89. The molecule has 0 radical (unpaired) electrons. The smallest absolute Gasteiger partial charge is 0.240 e. The molecule has 1 heterocycles. The quantitative estimate of drug-likeness (QED) is 0.589. The van der Waals surface area contributed by atoms with Crippen molar-refractivity contribution in [1.82, 2.24) is 14.3 Å². The molecule has 154 valence electrons. The van der Waals surface area contributed by atoms with Gasteiger partial charge in [0.2, 0.25) is 10.0 Å². The van der Waals surface area contributed by atoms with Crippen LogP contribution in [0.4, 0.5) is 4.39 Å². The topological polar surface area (TPSA) is 81.1 Å². The van der Waals surface area contributed by atoms with E-state index in [1.807, 2.05) is 13.8 Å². The van der Waals surface area contributed by atoms with Gasteiger partial charge in [0.05, 0.1) is 22.0 Å². The number of nitrogens with one attached hydrogen (secondary N) is 1. The molecule has 6 nitrogen and oxygen atoms in total. The average Bonchev–Trinajstić information content (AvgIpc) is 3.21. The lowest BCUT2D eigenvalue weighted by Crippen LogP contribution is -2.28. The highest BCUT2D eigenvalue weighted by atomic mass is 32.2. The molecular formula is C20H22FN3O3S2. The number of aromatic nitrogens is 2. The van der Waals surface area contributed by atoms with E-state index in [-0.39, 0.29) is 17.4 Å². The number of hydrogen-bond acceptors (Lipinski definition) is 4. The van der Waals surface area contributed by atoms with Gasteiger partial charge in [0.25, 0.3) is 0 Å². The monoisotopic (exact) mass is 435 g/mol. The summed E-state index contributed by atoms with van der Waals surface area (Å²) in [6.45, 7) is 4.44. The number of hydrogen-bond donors (Lipinski definition) is 1. The average molecular weight is 436 g/mol. The Morgan fingerprint density at radius 1 is 1.14 bits per heavy atom. The third-order valence-corrected chi connectivity index (χ3v) is 7.26. The molecular weight excluding hydrogens is 413 g/mol. The van der Waals surface area contributed by atoms with Crippen LogP contribution in [0.3, 0.4) is 0 Å². The van der Waals surface area contributed by atoms with Gasteiger partial charge in [-0.3, -0.25) is 0 Å². The van der Waals surface area contributed by atoms with Gasteiger partial charge >= 0.3 is 0 Å².